The first kappa shape index (κ1) is 11.7. The minimum atomic E-state index is 0.490. The van der Waals surface area contributed by atoms with Gasteiger partial charge in [-0.3, -0.25) is 0 Å². The Hall–Kier alpha value is -1.81. The summed E-state index contributed by atoms with van der Waals surface area (Å²) in [6, 6.07) is 10.1. The summed E-state index contributed by atoms with van der Waals surface area (Å²) in [5, 5.41) is 4.40. The number of rotatable bonds is 4. The lowest BCUT2D eigenvalue weighted by Crippen LogP contribution is -2.11. The van der Waals surface area contributed by atoms with E-state index in [0.29, 0.717) is 19.0 Å². The fraction of sp³-hybridized carbons (Fsp3) is 0.308. The highest BCUT2D eigenvalue weighted by atomic mass is 16.5. The molecule has 0 spiro atoms. The maximum absolute atomic E-state index is 5.41. The fourth-order valence-corrected chi connectivity index (χ4v) is 1.70. The lowest BCUT2D eigenvalue weighted by Gasteiger charge is -2.04. The molecule has 0 unspecified atom stereocenters. The van der Waals surface area contributed by atoms with E-state index < -0.39 is 0 Å². The van der Waals surface area contributed by atoms with Crippen LogP contribution in [-0.2, 0) is 0 Å². The minimum absolute atomic E-state index is 0.490. The third kappa shape index (κ3) is 2.65. The zero-order chi connectivity index (χ0) is 12.3. The summed E-state index contributed by atoms with van der Waals surface area (Å²) < 4.78 is 7.29. The van der Waals surface area contributed by atoms with Crippen LogP contribution in [0.25, 0.3) is 5.69 Å². The number of aryl methyl sites for hydroxylation is 2. The Morgan fingerprint density at radius 3 is 2.82 bits per heavy atom. The van der Waals surface area contributed by atoms with Crippen LogP contribution in [0.4, 0.5) is 0 Å². The van der Waals surface area contributed by atoms with E-state index in [0.717, 1.165) is 11.4 Å². The van der Waals surface area contributed by atoms with Crippen molar-refractivity contribution in [3.8, 4) is 11.6 Å². The number of ether oxygens (including phenoxy) is 1. The number of hydrogen-bond donors (Lipinski definition) is 1. The Kier molecular flexibility index (Phi) is 3.44. The van der Waals surface area contributed by atoms with Gasteiger partial charge in [-0.2, -0.15) is 0 Å². The van der Waals surface area contributed by atoms with Crippen molar-refractivity contribution >= 4 is 0 Å². The van der Waals surface area contributed by atoms with Gasteiger partial charge >= 0.3 is 0 Å². The molecular formula is C13H17N3O. The van der Waals surface area contributed by atoms with E-state index in [1.54, 1.807) is 0 Å². The summed E-state index contributed by atoms with van der Waals surface area (Å²) in [7, 11) is 0. The second-order valence-corrected chi connectivity index (χ2v) is 4.01. The molecule has 4 nitrogen and oxygen atoms in total. The van der Waals surface area contributed by atoms with Gasteiger partial charge in [0.1, 0.15) is 6.61 Å². The van der Waals surface area contributed by atoms with Gasteiger partial charge in [0.15, 0.2) is 0 Å². The normalized spacial score (nSPS) is 10.5. The highest BCUT2D eigenvalue weighted by molar-refractivity contribution is 5.37. The summed E-state index contributed by atoms with van der Waals surface area (Å²) in [6.07, 6.45) is 0. The number of nitrogens with zero attached hydrogens (tertiary/aromatic N) is 2. The molecule has 0 aliphatic carbocycles. The largest absolute Gasteiger partial charge is 0.475 e. The number of hydrogen-bond acceptors (Lipinski definition) is 3. The summed E-state index contributed by atoms with van der Waals surface area (Å²) in [5.41, 5.74) is 8.69. The van der Waals surface area contributed by atoms with Gasteiger partial charge in [-0.05, 0) is 31.5 Å². The zero-order valence-corrected chi connectivity index (χ0v) is 10.2. The van der Waals surface area contributed by atoms with Crippen molar-refractivity contribution in [2.24, 2.45) is 5.73 Å². The second kappa shape index (κ2) is 5.01. The van der Waals surface area contributed by atoms with E-state index in [9.17, 15) is 0 Å². The first-order valence-corrected chi connectivity index (χ1v) is 5.67. The molecule has 0 saturated carbocycles. The predicted molar refractivity (Wildman–Crippen MR) is 67.6 cm³/mol. The summed E-state index contributed by atoms with van der Waals surface area (Å²) in [6.45, 7) is 5.05. The topological polar surface area (TPSA) is 53.1 Å². The molecule has 2 N–H and O–H groups in total. The molecule has 2 aromatic rings. The molecule has 17 heavy (non-hydrogen) atoms. The van der Waals surface area contributed by atoms with E-state index in [-0.39, 0.29) is 0 Å². The average molecular weight is 231 g/mol. The van der Waals surface area contributed by atoms with Crippen LogP contribution in [0.5, 0.6) is 5.88 Å². The van der Waals surface area contributed by atoms with Crippen LogP contribution in [0.2, 0.25) is 0 Å². The molecule has 0 saturated heterocycles. The average Bonchev–Trinajstić information content (AvgIpc) is 2.68. The van der Waals surface area contributed by atoms with E-state index in [1.807, 2.05) is 29.8 Å². The van der Waals surface area contributed by atoms with Gasteiger partial charge in [-0.15, -0.1) is 5.10 Å². The quantitative estimate of drug-likeness (QED) is 0.873. The number of benzene rings is 1. The lowest BCUT2D eigenvalue weighted by molar-refractivity contribution is 0.313. The van der Waals surface area contributed by atoms with Gasteiger partial charge in [0.05, 0.1) is 5.69 Å². The van der Waals surface area contributed by atoms with Crippen LogP contribution in [0.15, 0.2) is 30.3 Å². The summed E-state index contributed by atoms with van der Waals surface area (Å²) >= 11 is 0. The molecule has 1 aromatic carbocycles. The standard InChI is InChI=1S/C13H17N3O/c1-10-4-3-5-12(8-10)16-11(2)9-13(15-16)17-7-6-14/h3-5,8-9H,6-7,14H2,1-2H3. The molecule has 2 rings (SSSR count). The van der Waals surface area contributed by atoms with Crippen molar-refractivity contribution in [3.63, 3.8) is 0 Å². The van der Waals surface area contributed by atoms with Crippen molar-refractivity contribution < 1.29 is 4.74 Å². The van der Waals surface area contributed by atoms with Gasteiger partial charge in [0, 0.05) is 18.3 Å². The fourth-order valence-electron chi connectivity index (χ4n) is 1.70. The maximum Gasteiger partial charge on any atom is 0.233 e. The SMILES string of the molecule is Cc1cccc(-n2nc(OCCN)cc2C)c1. The third-order valence-corrected chi connectivity index (χ3v) is 2.48. The first-order chi connectivity index (χ1) is 8.20. The van der Waals surface area contributed by atoms with E-state index in [2.05, 4.69) is 24.2 Å². The van der Waals surface area contributed by atoms with E-state index in [1.165, 1.54) is 5.56 Å². The van der Waals surface area contributed by atoms with Gasteiger partial charge in [-0.25, -0.2) is 4.68 Å². The van der Waals surface area contributed by atoms with Crippen molar-refractivity contribution in [2.45, 2.75) is 13.8 Å². The molecule has 0 aliphatic rings. The molecule has 1 aromatic heterocycles. The molecule has 90 valence electrons. The van der Waals surface area contributed by atoms with Crippen LogP contribution < -0.4 is 10.5 Å². The predicted octanol–water partition coefficient (Wildman–Crippen LogP) is 1.83. The molecular weight excluding hydrogens is 214 g/mol. The smallest absolute Gasteiger partial charge is 0.233 e. The lowest BCUT2D eigenvalue weighted by atomic mass is 10.2. The number of nitrogens with two attached hydrogens (primary N) is 1. The van der Waals surface area contributed by atoms with Gasteiger partial charge in [0.2, 0.25) is 5.88 Å². The van der Waals surface area contributed by atoms with Crippen LogP contribution in [0.3, 0.4) is 0 Å². The van der Waals surface area contributed by atoms with Crippen molar-refractivity contribution in [3.05, 3.63) is 41.6 Å². The van der Waals surface area contributed by atoms with Gasteiger partial charge in [-0.1, -0.05) is 12.1 Å². The molecule has 0 amide bonds. The van der Waals surface area contributed by atoms with Crippen molar-refractivity contribution in [2.75, 3.05) is 13.2 Å². The van der Waals surface area contributed by atoms with Crippen molar-refractivity contribution in [1.82, 2.24) is 9.78 Å². The Labute approximate surface area is 101 Å². The first-order valence-electron chi connectivity index (χ1n) is 5.67. The Morgan fingerprint density at radius 1 is 1.29 bits per heavy atom. The molecule has 4 heteroatoms. The summed E-state index contributed by atoms with van der Waals surface area (Å²) in [5.74, 6) is 0.620. The Morgan fingerprint density at radius 2 is 2.12 bits per heavy atom. The second-order valence-electron chi connectivity index (χ2n) is 4.01. The van der Waals surface area contributed by atoms with Gasteiger partial charge < -0.3 is 10.5 Å². The highest BCUT2D eigenvalue weighted by Crippen LogP contribution is 2.17. The minimum Gasteiger partial charge on any atom is -0.475 e. The maximum atomic E-state index is 5.41. The van der Waals surface area contributed by atoms with E-state index in [4.69, 9.17) is 10.5 Å². The Balaban J connectivity index is 2.29. The Bertz CT molecular complexity index is 505. The molecule has 1 heterocycles. The molecule has 0 radical (unpaired) electrons. The summed E-state index contributed by atoms with van der Waals surface area (Å²) in [4.78, 5) is 0. The molecule has 0 bridgehead atoms. The zero-order valence-electron chi connectivity index (χ0n) is 10.2. The molecule has 0 aliphatic heterocycles. The van der Waals surface area contributed by atoms with Gasteiger partial charge in [0.25, 0.3) is 0 Å². The van der Waals surface area contributed by atoms with Crippen LogP contribution in [0, 0.1) is 13.8 Å². The molecule has 0 atom stereocenters. The molecule has 0 fully saturated rings. The number of aromatic nitrogens is 2. The van der Waals surface area contributed by atoms with Crippen LogP contribution in [0.1, 0.15) is 11.3 Å². The van der Waals surface area contributed by atoms with Crippen molar-refractivity contribution in [1.29, 1.82) is 0 Å². The highest BCUT2D eigenvalue weighted by Gasteiger charge is 2.06. The third-order valence-electron chi connectivity index (χ3n) is 2.48. The monoisotopic (exact) mass is 231 g/mol. The van der Waals surface area contributed by atoms with E-state index >= 15 is 0 Å². The van der Waals surface area contributed by atoms with Crippen LogP contribution >= 0.6 is 0 Å². The van der Waals surface area contributed by atoms with Crippen LogP contribution in [-0.4, -0.2) is 22.9 Å².